The standard InChI is InChI=1S/C18H19FN2O3S/c1-12(13-2-3-13)20-18(22)14-4-10-17(11-5-14)25(23,24)21-16-8-6-15(19)7-9-16/h4-13,21H,2-3H2,1H3,(H,20,22)/t12-/m0/s1. The smallest absolute Gasteiger partial charge is 0.261 e. The highest BCUT2D eigenvalue weighted by atomic mass is 32.2. The van der Waals surface area contributed by atoms with Gasteiger partial charge in [0.15, 0.2) is 0 Å². The number of carbonyl (C=O) groups is 1. The summed E-state index contributed by atoms with van der Waals surface area (Å²) in [5.74, 6) is -0.114. The van der Waals surface area contributed by atoms with Crippen molar-refractivity contribution < 1.29 is 17.6 Å². The van der Waals surface area contributed by atoms with E-state index < -0.39 is 15.8 Å². The van der Waals surface area contributed by atoms with E-state index in [0.717, 1.165) is 12.8 Å². The lowest BCUT2D eigenvalue weighted by Gasteiger charge is -2.13. The molecule has 1 amide bonds. The molecule has 5 nitrogen and oxygen atoms in total. The van der Waals surface area contributed by atoms with Gasteiger partial charge in [-0.1, -0.05) is 0 Å². The van der Waals surface area contributed by atoms with Crippen LogP contribution in [0.5, 0.6) is 0 Å². The Labute approximate surface area is 146 Å². The first-order valence-electron chi connectivity index (χ1n) is 8.04. The first-order chi connectivity index (χ1) is 11.8. The van der Waals surface area contributed by atoms with Crippen LogP contribution in [0.2, 0.25) is 0 Å². The maximum atomic E-state index is 12.9. The minimum Gasteiger partial charge on any atom is -0.349 e. The summed E-state index contributed by atoms with van der Waals surface area (Å²) < 4.78 is 39.9. The largest absolute Gasteiger partial charge is 0.349 e. The molecular weight excluding hydrogens is 343 g/mol. The van der Waals surface area contributed by atoms with Crippen molar-refractivity contribution in [1.29, 1.82) is 0 Å². The van der Waals surface area contributed by atoms with Gasteiger partial charge in [0.05, 0.1) is 4.90 Å². The summed E-state index contributed by atoms with van der Waals surface area (Å²) in [5, 5.41) is 2.92. The molecule has 0 aliphatic heterocycles. The Hall–Kier alpha value is -2.41. The fourth-order valence-corrected chi connectivity index (χ4v) is 3.58. The third kappa shape index (κ3) is 4.36. The van der Waals surface area contributed by atoms with Gasteiger partial charge >= 0.3 is 0 Å². The maximum absolute atomic E-state index is 12.9. The molecule has 1 saturated carbocycles. The van der Waals surface area contributed by atoms with Gasteiger partial charge in [0.2, 0.25) is 0 Å². The second-order valence-electron chi connectivity index (χ2n) is 6.24. The average molecular weight is 362 g/mol. The summed E-state index contributed by atoms with van der Waals surface area (Å²) in [4.78, 5) is 12.2. The highest BCUT2D eigenvalue weighted by molar-refractivity contribution is 7.92. The van der Waals surface area contributed by atoms with Crippen molar-refractivity contribution in [2.75, 3.05) is 4.72 Å². The van der Waals surface area contributed by atoms with Gasteiger partial charge in [-0.2, -0.15) is 0 Å². The molecule has 1 aliphatic carbocycles. The van der Waals surface area contributed by atoms with Crippen molar-refractivity contribution in [3.63, 3.8) is 0 Å². The van der Waals surface area contributed by atoms with Gasteiger partial charge in [-0.05, 0) is 74.2 Å². The topological polar surface area (TPSA) is 75.3 Å². The quantitative estimate of drug-likeness (QED) is 0.829. The Balaban J connectivity index is 1.69. The van der Waals surface area contributed by atoms with Crippen molar-refractivity contribution in [3.05, 3.63) is 59.9 Å². The Morgan fingerprint density at radius 1 is 1.08 bits per heavy atom. The molecule has 0 radical (unpaired) electrons. The lowest BCUT2D eigenvalue weighted by atomic mass is 10.1. The number of rotatable bonds is 6. The summed E-state index contributed by atoms with van der Waals surface area (Å²) in [7, 11) is -3.80. The predicted octanol–water partition coefficient (Wildman–Crippen LogP) is 3.15. The van der Waals surface area contributed by atoms with Crippen LogP contribution in [0.25, 0.3) is 0 Å². The third-order valence-electron chi connectivity index (χ3n) is 4.21. The number of sulfonamides is 1. The highest BCUT2D eigenvalue weighted by Crippen LogP contribution is 2.32. The lowest BCUT2D eigenvalue weighted by molar-refractivity contribution is 0.0935. The Kier molecular flexibility index (Phi) is 4.76. The molecular formula is C18H19FN2O3S. The number of halogens is 1. The van der Waals surface area contributed by atoms with Crippen LogP contribution in [0.3, 0.4) is 0 Å². The molecule has 0 saturated heterocycles. The molecule has 3 rings (SSSR count). The van der Waals surface area contributed by atoms with Crippen molar-refractivity contribution in [1.82, 2.24) is 5.32 Å². The first-order valence-corrected chi connectivity index (χ1v) is 9.53. The van der Waals surface area contributed by atoms with Crippen LogP contribution in [0, 0.1) is 11.7 Å². The van der Waals surface area contributed by atoms with E-state index in [9.17, 15) is 17.6 Å². The monoisotopic (exact) mass is 362 g/mol. The number of hydrogen-bond acceptors (Lipinski definition) is 3. The summed E-state index contributed by atoms with van der Waals surface area (Å²) in [6.07, 6.45) is 2.27. The van der Waals surface area contributed by atoms with E-state index in [0.29, 0.717) is 11.5 Å². The van der Waals surface area contributed by atoms with E-state index in [-0.39, 0.29) is 22.5 Å². The molecule has 0 spiro atoms. The van der Waals surface area contributed by atoms with Crippen molar-refractivity contribution >= 4 is 21.6 Å². The molecule has 2 aromatic carbocycles. The zero-order chi connectivity index (χ0) is 18.0. The van der Waals surface area contributed by atoms with Crippen molar-refractivity contribution in [2.45, 2.75) is 30.7 Å². The number of amides is 1. The van der Waals surface area contributed by atoms with Crippen LogP contribution in [-0.2, 0) is 10.0 Å². The summed E-state index contributed by atoms with van der Waals surface area (Å²) in [6.45, 7) is 1.97. The van der Waals surface area contributed by atoms with Gasteiger partial charge in [0.25, 0.3) is 15.9 Å². The summed E-state index contributed by atoms with van der Waals surface area (Å²) in [5.41, 5.74) is 0.676. The molecule has 2 N–H and O–H groups in total. The van der Waals surface area contributed by atoms with Crippen LogP contribution in [-0.4, -0.2) is 20.4 Å². The second-order valence-corrected chi connectivity index (χ2v) is 7.92. The van der Waals surface area contributed by atoms with Crippen LogP contribution in [0.1, 0.15) is 30.1 Å². The van der Waals surface area contributed by atoms with E-state index in [2.05, 4.69) is 10.0 Å². The number of hydrogen-bond donors (Lipinski definition) is 2. The highest BCUT2D eigenvalue weighted by Gasteiger charge is 2.29. The normalized spacial score (nSPS) is 15.4. The molecule has 25 heavy (non-hydrogen) atoms. The summed E-state index contributed by atoms with van der Waals surface area (Å²) >= 11 is 0. The van der Waals surface area contributed by atoms with Crippen molar-refractivity contribution in [2.24, 2.45) is 5.92 Å². The van der Waals surface area contributed by atoms with Gasteiger partial charge in [-0.25, -0.2) is 12.8 Å². The van der Waals surface area contributed by atoms with Crippen LogP contribution >= 0.6 is 0 Å². The van der Waals surface area contributed by atoms with Gasteiger partial charge in [-0.3, -0.25) is 9.52 Å². The second kappa shape index (κ2) is 6.84. The Morgan fingerprint density at radius 3 is 2.24 bits per heavy atom. The van der Waals surface area contributed by atoms with Crippen LogP contribution < -0.4 is 10.0 Å². The Bertz CT molecular complexity index is 860. The molecule has 7 heteroatoms. The third-order valence-corrected chi connectivity index (χ3v) is 5.61. The summed E-state index contributed by atoms with van der Waals surface area (Å²) in [6, 6.07) is 10.9. The minimum atomic E-state index is -3.80. The molecule has 1 fully saturated rings. The van der Waals surface area contributed by atoms with E-state index in [4.69, 9.17) is 0 Å². The molecule has 1 atom stereocenters. The van der Waals surface area contributed by atoms with E-state index in [1.54, 1.807) is 0 Å². The van der Waals surface area contributed by atoms with Gasteiger partial charge in [-0.15, -0.1) is 0 Å². The van der Waals surface area contributed by atoms with E-state index in [1.165, 1.54) is 48.5 Å². The van der Waals surface area contributed by atoms with Gasteiger partial charge in [0.1, 0.15) is 5.82 Å². The fraction of sp³-hybridized carbons (Fsp3) is 0.278. The predicted molar refractivity (Wildman–Crippen MR) is 93.3 cm³/mol. The molecule has 0 heterocycles. The molecule has 0 bridgehead atoms. The molecule has 2 aromatic rings. The number of benzene rings is 2. The SMILES string of the molecule is C[C@H](NC(=O)c1ccc(S(=O)(=O)Nc2ccc(F)cc2)cc1)C1CC1. The van der Waals surface area contributed by atoms with E-state index >= 15 is 0 Å². The average Bonchev–Trinajstić information content (AvgIpc) is 3.42. The number of anilines is 1. The maximum Gasteiger partial charge on any atom is 0.261 e. The zero-order valence-electron chi connectivity index (χ0n) is 13.7. The molecule has 132 valence electrons. The molecule has 0 unspecified atom stereocenters. The number of carbonyl (C=O) groups excluding carboxylic acids is 1. The van der Waals surface area contributed by atoms with Gasteiger partial charge < -0.3 is 5.32 Å². The molecule has 1 aliphatic rings. The van der Waals surface area contributed by atoms with Crippen LogP contribution in [0.15, 0.2) is 53.4 Å². The number of nitrogens with one attached hydrogen (secondary N) is 2. The van der Waals surface area contributed by atoms with Crippen molar-refractivity contribution in [3.8, 4) is 0 Å². The lowest BCUT2D eigenvalue weighted by Crippen LogP contribution is -2.33. The Morgan fingerprint density at radius 2 is 1.68 bits per heavy atom. The zero-order valence-corrected chi connectivity index (χ0v) is 14.5. The first kappa shape index (κ1) is 17.4. The van der Waals surface area contributed by atoms with E-state index in [1.807, 2.05) is 6.92 Å². The molecule has 0 aromatic heterocycles. The fourth-order valence-electron chi connectivity index (χ4n) is 2.52. The van der Waals surface area contributed by atoms with Gasteiger partial charge in [0, 0.05) is 17.3 Å². The van der Waals surface area contributed by atoms with Crippen LogP contribution in [0.4, 0.5) is 10.1 Å². The minimum absolute atomic E-state index is 0.0311.